The molecule has 0 radical (unpaired) electrons. The summed E-state index contributed by atoms with van der Waals surface area (Å²) in [4.78, 5) is 8.69. The lowest BCUT2D eigenvalue weighted by Crippen LogP contribution is -2.64. The Bertz CT molecular complexity index is 867. The maximum absolute atomic E-state index is 5.26. The average molecular weight is 383 g/mol. The summed E-state index contributed by atoms with van der Waals surface area (Å²) in [5.74, 6) is 2.79. The monoisotopic (exact) mass is 382 g/mol. The van der Waals surface area contributed by atoms with Crippen LogP contribution in [0.2, 0.25) is 0 Å². The minimum Gasteiger partial charge on any atom is -0.497 e. The molecule has 6 heteroatoms. The van der Waals surface area contributed by atoms with Crippen molar-refractivity contribution < 1.29 is 4.74 Å². The number of fused-ring (bicyclic) bond motifs is 2. The van der Waals surface area contributed by atoms with E-state index in [2.05, 4.69) is 40.7 Å². The van der Waals surface area contributed by atoms with E-state index in [-0.39, 0.29) is 5.54 Å². The Morgan fingerprint density at radius 1 is 1.26 bits per heavy atom. The highest BCUT2D eigenvalue weighted by Crippen LogP contribution is 2.41. The van der Waals surface area contributed by atoms with Gasteiger partial charge < -0.3 is 20.3 Å². The fourth-order valence-electron chi connectivity index (χ4n) is 4.86. The van der Waals surface area contributed by atoms with Crippen LogP contribution in [-0.2, 0) is 0 Å². The smallest absolute Gasteiger partial charge is 0.189 e. The number of methoxy groups -OCH3 is 1. The third-order valence-corrected chi connectivity index (χ3v) is 7.22. The summed E-state index contributed by atoms with van der Waals surface area (Å²) in [6.45, 7) is 5.85. The molecule has 3 saturated heterocycles. The lowest BCUT2D eigenvalue weighted by atomic mass is 9.72. The number of benzene rings is 1. The van der Waals surface area contributed by atoms with Gasteiger partial charge in [-0.15, -0.1) is 11.3 Å². The fourth-order valence-corrected chi connectivity index (χ4v) is 5.71. The SMILES string of the molecule is COc1ccc(-c2nc(NC3=CCC4(CN5CCC4CC5)N3)sc2C)cc1. The zero-order chi connectivity index (χ0) is 18.4. The predicted octanol–water partition coefficient (Wildman–Crippen LogP) is 3.84. The van der Waals surface area contributed by atoms with Gasteiger partial charge in [0.1, 0.15) is 11.6 Å². The molecule has 0 saturated carbocycles. The summed E-state index contributed by atoms with van der Waals surface area (Å²) in [7, 11) is 1.69. The summed E-state index contributed by atoms with van der Waals surface area (Å²) in [6, 6.07) is 8.11. The summed E-state index contributed by atoms with van der Waals surface area (Å²) >= 11 is 1.71. The van der Waals surface area contributed by atoms with Crippen molar-refractivity contribution in [2.45, 2.75) is 31.7 Å². The van der Waals surface area contributed by atoms with E-state index in [1.54, 1.807) is 18.4 Å². The van der Waals surface area contributed by atoms with Crippen LogP contribution >= 0.6 is 11.3 Å². The highest BCUT2D eigenvalue weighted by Gasteiger charge is 2.48. The number of aromatic nitrogens is 1. The lowest BCUT2D eigenvalue weighted by molar-refractivity contribution is 0.0189. The van der Waals surface area contributed by atoms with Gasteiger partial charge in [-0.1, -0.05) is 0 Å². The van der Waals surface area contributed by atoms with Gasteiger partial charge in [0.15, 0.2) is 5.13 Å². The maximum Gasteiger partial charge on any atom is 0.189 e. The van der Waals surface area contributed by atoms with Crippen LogP contribution in [0.3, 0.4) is 0 Å². The number of nitrogens with zero attached hydrogens (tertiary/aromatic N) is 2. The molecule has 27 heavy (non-hydrogen) atoms. The van der Waals surface area contributed by atoms with Crippen molar-refractivity contribution in [2.75, 3.05) is 32.1 Å². The largest absolute Gasteiger partial charge is 0.497 e. The molecule has 2 aromatic rings. The van der Waals surface area contributed by atoms with Crippen LogP contribution < -0.4 is 15.4 Å². The number of ether oxygens (including phenoxy) is 1. The maximum atomic E-state index is 5.26. The molecule has 6 rings (SSSR count). The van der Waals surface area contributed by atoms with E-state index in [1.165, 1.54) is 37.4 Å². The molecule has 2 N–H and O–H groups in total. The van der Waals surface area contributed by atoms with Gasteiger partial charge >= 0.3 is 0 Å². The van der Waals surface area contributed by atoms with Gasteiger partial charge in [-0.05, 0) is 75.5 Å². The van der Waals surface area contributed by atoms with Gasteiger partial charge in [0, 0.05) is 17.0 Å². The topological polar surface area (TPSA) is 49.4 Å². The van der Waals surface area contributed by atoms with Gasteiger partial charge in [0.25, 0.3) is 0 Å². The zero-order valence-electron chi connectivity index (χ0n) is 15.9. The normalized spacial score (nSPS) is 28.9. The third kappa shape index (κ3) is 3.01. The van der Waals surface area contributed by atoms with Gasteiger partial charge in [-0.3, -0.25) is 0 Å². The van der Waals surface area contributed by atoms with E-state index in [1.807, 2.05) is 12.1 Å². The molecule has 1 unspecified atom stereocenters. The lowest BCUT2D eigenvalue weighted by Gasteiger charge is -2.52. The van der Waals surface area contributed by atoms with E-state index in [0.717, 1.165) is 40.3 Å². The van der Waals surface area contributed by atoms with E-state index < -0.39 is 0 Å². The second kappa shape index (κ2) is 6.53. The van der Waals surface area contributed by atoms with E-state index in [0.29, 0.717) is 0 Å². The minimum absolute atomic E-state index is 0.240. The molecule has 3 fully saturated rings. The Morgan fingerprint density at radius 3 is 2.70 bits per heavy atom. The molecule has 0 amide bonds. The van der Waals surface area contributed by atoms with Crippen molar-refractivity contribution in [3.05, 3.63) is 41.0 Å². The van der Waals surface area contributed by atoms with Crippen molar-refractivity contribution in [3.8, 4) is 17.0 Å². The molecule has 1 aromatic carbocycles. The first-order valence-electron chi connectivity index (χ1n) is 9.75. The van der Waals surface area contributed by atoms with Crippen LogP contribution in [0.1, 0.15) is 24.1 Å². The Hall–Kier alpha value is -2.05. The Morgan fingerprint density at radius 2 is 2.04 bits per heavy atom. The highest BCUT2D eigenvalue weighted by molar-refractivity contribution is 7.16. The summed E-state index contributed by atoms with van der Waals surface area (Å²) in [5.41, 5.74) is 2.41. The molecule has 1 atom stereocenters. The molecule has 2 bridgehead atoms. The highest BCUT2D eigenvalue weighted by atomic mass is 32.1. The number of thiazole rings is 1. The van der Waals surface area contributed by atoms with Crippen molar-refractivity contribution in [1.29, 1.82) is 0 Å². The molecule has 142 valence electrons. The van der Waals surface area contributed by atoms with Crippen LogP contribution in [-0.4, -0.2) is 42.2 Å². The molecular formula is C21H26N4OS. The second-order valence-corrected chi connectivity index (χ2v) is 9.13. The van der Waals surface area contributed by atoms with Crippen molar-refractivity contribution in [2.24, 2.45) is 5.92 Å². The van der Waals surface area contributed by atoms with Gasteiger partial charge in [-0.2, -0.15) is 0 Å². The molecule has 1 spiro atoms. The molecule has 5 heterocycles. The first-order chi connectivity index (χ1) is 13.1. The van der Waals surface area contributed by atoms with Gasteiger partial charge in [0.2, 0.25) is 0 Å². The van der Waals surface area contributed by atoms with Crippen molar-refractivity contribution >= 4 is 16.5 Å². The molecule has 0 aliphatic carbocycles. The van der Waals surface area contributed by atoms with Gasteiger partial charge in [-0.25, -0.2) is 4.98 Å². The summed E-state index contributed by atoms with van der Waals surface area (Å²) in [5, 5.41) is 8.32. The summed E-state index contributed by atoms with van der Waals surface area (Å²) < 4.78 is 5.26. The fraction of sp³-hybridized carbons (Fsp3) is 0.476. The standard InChI is InChI=1S/C21H26N4OS/c1-14-19(15-3-5-17(26-2)6-4-15)23-20(27-14)22-18-7-10-21(24-18)13-25-11-8-16(21)9-12-25/h3-7,16,24H,8-13H2,1-2H3,(H,22,23). The summed E-state index contributed by atoms with van der Waals surface area (Å²) in [6.07, 6.45) is 6.09. The van der Waals surface area contributed by atoms with Gasteiger partial charge in [0.05, 0.1) is 18.3 Å². The van der Waals surface area contributed by atoms with Crippen LogP contribution in [0.4, 0.5) is 5.13 Å². The molecular weight excluding hydrogens is 356 g/mol. The number of nitrogens with one attached hydrogen (secondary N) is 2. The number of hydrogen-bond acceptors (Lipinski definition) is 6. The van der Waals surface area contributed by atoms with E-state index in [9.17, 15) is 0 Å². The number of rotatable bonds is 4. The van der Waals surface area contributed by atoms with Crippen molar-refractivity contribution in [3.63, 3.8) is 0 Å². The Balaban J connectivity index is 1.31. The molecule has 5 nitrogen and oxygen atoms in total. The van der Waals surface area contributed by atoms with Crippen LogP contribution in [0.5, 0.6) is 5.75 Å². The molecule has 4 aliphatic rings. The zero-order valence-corrected chi connectivity index (χ0v) is 16.7. The predicted molar refractivity (Wildman–Crippen MR) is 110 cm³/mol. The third-order valence-electron chi connectivity index (χ3n) is 6.33. The second-order valence-electron chi connectivity index (χ2n) is 7.93. The first kappa shape index (κ1) is 17.1. The quantitative estimate of drug-likeness (QED) is 0.841. The number of aryl methyl sites for hydroxylation is 1. The van der Waals surface area contributed by atoms with Crippen LogP contribution in [0, 0.1) is 12.8 Å². The number of piperidine rings is 3. The molecule has 1 aromatic heterocycles. The number of hydrogen-bond donors (Lipinski definition) is 2. The minimum atomic E-state index is 0.240. The first-order valence-corrected chi connectivity index (χ1v) is 10.6. The molecule has 4 aliphatic heterocycles. The Labute approximate surface area is 164 Å². The Kier molecular flexibility index (Phi) is 4.13. The average Bonchev–Trinajstić information content (AvgIpc) is 3.26. The number of anilines is 1. The van der Waals surface area contributed by atoms with E-state index >= 15 is 0 Å². The van der Waals surface area contributed by atoms with Crippen LogP contribution in [0.25, 0.3) is 11.3 Å². The van der Waals surface area contributed by atoms with Crippen molar-refractivity contribution in [1.82, 2.24) is 15.2 Å². The van der Waals surface area contributed by atoms with Crippen LogP contribution in [0.15, 0.2) is 36.2 Å². The van der Waals surface area contributed by atoms with E-state index in [4.69, 9.17) is 9.72 Å².